The van der Waals surface area contributed by atoms with E-state index in [1.54, 1.807) is 0 Å². The zero-order valence-corrected chi connectivity index (χ0v) is 11.1. The molecule has 3 rings (SSSR count). The number of imidazole rings is 1. The van der Waals surface area contributed by atoms with E-state index in [0.29, 0.717) is 11.5 Å². The van der Waals surface area contributed by atoms with Gasteiger partial charge in [-0.15, -0.1) is 0 Å². The van der Waals surface area contributed by atoms with Crippen molar-refractivity contribution >= 4 is 28.5 Å². The molecule has 104 valence electrons. The molecule has 0 aliphatic carbocycles. The Balaban J connectivity index is 2.16. The Labute approximate surface area is 120 Å². The molecule has 0 unspecified atom stereocenters. The zero-order chi connectivity index (χ0) is 14.8. The Morgan fingerprint density at radius 3 is 2.62 bits per heavy atom. The van der Waals surface area contributed by atoms with Crippen molar-refractivity contribution in [3.05, 3.63) is 65.7 Å². The SMILES string of the molecule is Nc1nc2ccc(C(=CC(=O)O)c3ccccc3)cc2[nH]1. The third-order valence-electron chi connectivity index (χ3n) is 3.16. The maximum Gasteiger partial charge on any atom is 0.328 e. The number of fused-ring (bicyclic) bond motifs is 1. The highest BCUT2D eigenvalue weighted by Crippen LogP contribution is 2.26. The van der Waals surface area contributed by atoms with Crippen molar-refractivity contribution in [3.8, 4) is 0 Å². The molecule has 0 radical (unpaired) electrons. The molecule has 1 heterocycles. The maximum absolute atomic E-state index is 11.1. The van der Waals surface area contributed by atoms with Crippen molar-refractivity contribution in [1.82, 2.24) is 9.97 Å². The lowest BCUT2D eigenvalue weighted by Gasteiger charge is -2.07. The molecule has 21 heavy (non-hydrogen) atoms. The standard InChI is InChI=1S/C16H13N3O2/c17-16-18-13-7-6-11(8-14(13)19-16)12(9-15(20)21)10-4-2-1-3-5-10/h1-9H,(H,20,21)(H3,17,18,19). The predicted octanol–water partition coefficient (Wildman–Crippen LogP) is 2.66. The molecule has 3 aromatic rings. The fraction of sp³-hybridized carbons (Fsp3) is 0. The fourth-order valence-corrected chi connectivity index (χ4v) is 2.27. The fourth-order valence-electron chi connectivity index (χ4n) is 2.27. The Hall–Kier alpha value is -3.08. The normalized spacial score (nSPS) is 11.7. The van der Waals surface area contributed by atoms with E-state index < -0.39 is 5.97 Å². The molecule has 0 saturated carbocycles. The highest BCUT2D eigenvalue weighted by Gasteiger charge is 2.09. The summed E-state index contributed by atoms with van der Waals surface area (Å²) in [6.07, 6.45) is 1.20. The number of aromatic nitrogens is 2. The summed E-state index contributed by atoms with van der Waals surface area (Å²) < 4.78 is 0. The van der Waals surface area contributed by atoms with Crippen LogP contribution in [0.2, 0.25) is 0 Å². The number of carboxylic acid groups (broad SMARTS) is 1. The van der Waals surface area contributed by atoms with Gasteiger partial charge < -0.3 is 15.8 Å². The second-order valence-electron chi connectivity index (χ2n) is 4.62. The first-order valence-corrected chi connectivity index (χ1v) is 6.39. The number of hydrogen-bond acceptors (Lipinski definition) is 3. The molecule has 0 amide bonds. The third kappa shape index (κ3) is 2.62. The molecule has 0 aliphatic rings. The van der Waals surface area contributed by atoms with Crippen LogP contribution in [-0.2, 0) is 4.79 Å². The number of nitrogens with one attached hydrogen (secondary N) is 1. The molecule has 0 bridgehead atoms. The number of nitrogen functional groups attached to an aromatic ring is 1. The van der Waals surface area contributed by atoms with Gasteiger partial charge >= 0.3 is 5.97 Å². The van der Waals surface area contributed by atoms with Crippen molar-refractivity contribution in [3.63, 3.8) is 0 Å². The highest BCUT2D eigenvalue weighted by molar-refractivity contribution is 5.96. The summed E-state index contributed by atoms with van der Waals surface area (Å²) in [6.45, 7) is 0. The summed E-state index contributed by atoms with van der Waals surface area (Å²) in [5, 5.41) is 9.11. The Morgan fingerprint density at radius 2 is 1.90 bits per heavy atom. The van der Waals surface area contributed by atoms with Gasteiger partial charge in [0.25, 0.3) is 0 Å². The number of rotatable bonds is 3. The number of H-pyrrole nitrogens is 1. The molecule has 0 fully saturated rings. The van der Waals surface area contributed by atoms with Crippen molar-refractivity contribution < 1.29 is 9.90 Å². The van der Waals surface area contributed by atoms with Gasteiger partial charge in [-0.1, -0.05) is 36.4 Å². The first-order chi connectivity index (χ1) is 10.1. The second-order valence-corrected chi connectivity index (χ2v) is 4.62. The summed E-state index contributed by atoms with van der Waals surface area (Å²) in [5.74, 6) is -0.649. The number of nitrogens with two attached hydrogens (primary N) is 1. The minimum absolute atomic E-state index is 0.339. The van der Waals surface area contributed by atoms with E-state index >= 15 is 0 Å². The Morgan fingerprint density at radius 1 is 1.14 bits per heavy atom. The summed E-state index contributed by atoms with van der Waals surface area (Å²) in [5.41, 5.74) is 9.43. The van der Waals surface area contributed by atoms with Crippen LogP contribution in [0.4, 0.5) is 5.95 Å². The van der Waals surface area contributed by atoms with Gasteiger partial charge in [-0.25, -0.2) is 9.78 Å². The zero-order valence-electron chi connectivity index (χ0n) is 11.1. The molecular weight excluding hydrogens is 266 g/mol. The van der Waals surface area contributed by atoms with Crippen molar-refractivity contribution in [2.24, 2.45) is 0 Å². The predicted molar refractivity (Wildman–Crippen MR) is 81.7 cm³/mol. The summed E-state index contributed by atoms with van der Waals surface area (Å²) in [4.78, 5) is 18.2. The van der Waals surface area contributed by atoms with Crippen LogP contribution in [0.5, 0.6) is 0 Å². The first-order valence-electron chi connectivity index (χ1n) is 6.39. The van der Waals surface area contributed by atoms with E-state index in [-0.39, 0.29) is 0 Å². The van der Waals surface area contributed by atoms with Crippen LogP contribution in [0.1, 0.15) is 11.1 Å². The quantitative estimate of drug-likeness (QED) is 0.643. The van der Waals surface area contributed by atoms with Crippen molar-refractivity contribution in [2.75, 3.05) is 5.73 Å². The lowest BCUT2D eigenvalue weighted by atomic mass is 9.97. The number of carbonyl (C=O) groups is 1. The maximum atomic E-state index is 11.1. The van der Waals surface area contributed by atoms with Gasteiger partial charge in [-0.3, -0.25) is 0 Å². The molecule has 0 aliphatic heterocycles. The molecule has 5 nitrogen and oxygen atoms in total. The number of anilines is 1. The van der Waals surface area contributed by atoms with Crippen molar-refractivity contribution in [2.45, 2.75) is 0 Å². The van der Waals surface area contributed by atoms with E-state index in [4.69, 9.17) is 10.8 Å². The monoisotopic (exact) mass is 279 g/mol. The molecule has 4 N–H and O–H groups in total. The van der Waals surface area contributed by atoms with Crippen LogP contribution >= 0.6 is 0 Å². The van der Waals surface area contributed by atoms with E-state index in [0.717, 1.165) is 22.2 Å². The number of benzene rings is 2. The molecule has 1 aromatic heterocycles. The van der Waals surface area contributed by atoms with E-state index in [2.05, 4.69) is 9.97 Å². The molecule has 2 aromatic carbocycles. The summed E-state index contributed by atoms with van der Waals surface area (Å²) in [6, 6.07) is 14.9. The van der Waals surface area contributed by atoms with Crippen LogP contribution < -0.4 is 5.73 Å². The molecule has 5 heteroatoms. The average Bonchev–Trinajstić information content (AvgIpc) is 2.84. The first kappa shape index (κ1) is 12.9. The number of hydrogen-bond donors (Lipinski definition) is 3. The van der Waals surface area contributed by atoms with Crippen LogP contribution in [-0.4, -0.2) is 21.0 Å². The van der Waals surface area contributed by atoms with Gasteiger partial charge in [0.1, 0.15) is 0 Å². The van der Waals surface area contributed by atoms with Gasteiger partial charge in [0.2, 0.25) is 0 Å². The van der Waals surface area contributed by atoms with Gasteiger partial charge in [0.15, 0.2) is 5.95 Å². The molecule has 0 saturated heterocycles. The van der Waals surface area contributed by atoms with Gasteiger partial charge in [-0.2, -0.15) is 0 Å². The Bertz CT molecular complexity index is 835. The van der Waals surface area contributed by atoms with Gasteiger partial charge in [0.05, 0.1) is 11.0 Å². The van der Waals surface area contributed by atoms with E-state index in [1.165, 1.54) is 6.08 Å². The third-order valence-corrected chi connectivity index (χ3v) is 3.16. The molecule has 0 spiro atoms. The smallest absolute Gasteiger partial charge is 0.328 e. The number of carboxylic acids is 1. The number of nitrogens with zero attached hydrogens (tertiary/aromatic N) is 1. The highest BCUT2D eigenvalue weighted by atomic mass is 16.4. The van der Waals surface area contributed by atoms with E-state index in [1.807, 2.05) is 48.5 Å². The van der Waals surface area contributed by atoms with Gasteiger partial charge in [0, 0.05) is 6.08 Å². The number of aliphatic carboxylic acids is 1. The minimum atomic E-state index is -0.988. The van der Waals surface area contributed by atoms with Crippen LogP contribution in [0.25, 0.3) is 16.6 Å². The average molecular weight is 279 g/mol. The topological polar surface area (TPSA) is 92.0 Å². The lowest BCUT2D eigenvalue weighted by molar-refractivity contribution is -0.131. The Kier molecular flexibility index (Phi) is 3.16. The summed E-state index contributed by atoms with van der Waals surface area (Å²) >= 11 is 0. The van der Waals surface area contributed by atoms with Crippen molar-refractivity contribution in [1.29, 1.82) is 0 Å². The molecular formula is C16H13N3O2. The van der Waals surface area contributed by atoms with Crippen LogP contribution in [0, 0.1) is 0 Å². The summed E-state index contributed by atoms with van der Waals surface area (Å²) in [7, 11) is 0. The van der Waals surface area contributed by atoms with Crippen LogP contribution in [0.15, 0.2) is 54.6 Å². The number of aromatic amines is 1. The second kappa shape index (κ2) is 5.13. The lowest BCUT2D eigenvalue weighted by Crippen LogP contribution is -1.94. The van der Waals surface area contributed by atoms with Crippen LogP contribution in [0.3, 0.4) is 0 Å². The van der Waals surface area contributed by atoms with Gasteiger partial charge in [-0.05, 0) is 28.8 Å². The molecule has 0 atom stereocenters. The largest absolute Gasteiger partial charge is 0.478 e. The van der Waals surface area contributed by atoms with E-state index in [9.17, 15) is 4.79 Å². The minimum Gasteiger partial charge on any atom is -0.478 e.